The predicted octanol–water partition coefficient (Wildman–Crippen LogP) is 2.03. The van der Waals surface area contributed by atoms with E-state index in [0.717, 1.165) is 25.4 Å². The van der Waals surface area contributed by atoms with Crippen molar-refractivity contribution in [1.82, 2.24) is 10.2 Å². The number of likely N-dealkylation sites (tertiary alicyclic amines) is 1. The van der Waals surface area contributed by atoms with Crippen LogP contribution in [0.2, 0.25) is 0 Å². The molecule has 2 rings (SSSR count). The zero-order valence-electron chi connectivity index (χ0n) is 13.2. The summed E-state index contributed by atoms with van der Waals surface area (Å²) in [5.41, 5.74) is 5.09. The first-order valence-corrected chi connectivity index (χ1v) is 8.37. The van der Waals surface area contributed by atoms with Gasteiger partial charge in [-0.1, -0.05) is 13.3 Å². The van der Waals surface area contributed by atoms with Gasteiger partial charge in [-0.15, -0.1) is 0 Å². The van der Waals surface area contributed by atoms with Crippen molar-refractivity contribution in [2.75, 3.05) is 13.1 Å². The largest absolute Gasteiger partial charge is 0.368 e. The van der Waals surface area contributed by atoms with Crippen LogP contribution in [0, 0.1) is 0 Å². The van der Waals surface area contributed by atoms with Gasteiger partial charge in [0.25, 0.3) is 0 Å². The summed E-state index contributed by atoms with van der Waals surface area (Å²) >= 11 is 0. The number of nitrogens with two attached hydrogens (primary N) is 1. The van der Waals surface area contributed by atoms with Gasteiger partial charge in [-0.25, -0.2) is 0 Å². The lowest BCUT2D eigenvalue weighted by atomic mass is 9.93. The number of amides is 1. The Balaban J connectivity index is 1.78. The molecular weight excluding hydrogens is 250 g/mol. The molecule has 3 N–H and O–H groups in total. The highest BCUT2D eigenvalue weighted by Crippen LogP contribution is 2.25. The molecular formula is C16H31N3O. The van der Waals surface area contributed by atoms with E-state index in [1.54, 1.807) is 0 Å². The van der Waals surface area contributed by atoms with Gasteiger partial charge >= 0.3 is 0 Å². The number of primary amides is 1. The first-order chi connectivity index (χ1) is 9.55. The van der Waals surface area contributed by atoms with Crippen molar-refractivity contribution in [3.63, 3.8) is 0 Å². The third kappa shape index (κ3) is 4.19. The van der Waals surface area contributed by atoms with Crippen molar-refractivity contribution in [1.29, 1.82) is 0 Å². The third-order valence-electron chi connectivity index (χ3n) is 4.99. The van der Waals surface area contributed by atoms with Gasteiger partial charge in [0, 0.05) is 12.1 Å². The van der Waals surface area contributed by atoms with Crippen LogP contribution in [0.5, 0.6) is 0 Å². The summed E-state index contributed by atoms with van der Waals surface area (Å²) in [6.45, 7) is 6.59. The highest BCUT2D eigenvalue weighted by molar-refractivity contribution is 5.84. The topological polar surface area (TPSA) is 58.4 Å². The highest BCUT2D eigenvalue weighted by atomic mass is 16.1. The summed E-state index contributed by atoms with van der Waals surface area (Å²) in [4.78, 5) is 14.3. The van der Waals surface area contributed by atoms with Crippen LogP contribution in [0.1, 0.15) is 65.2 Å². The van der Waals surface area contributed by atoms with Crippen molar-refractivity contribution in [3.05, 3.63) is 0 Å². The fourth-order valence-electron chi connectivity index (χ4n) is 3.40. The number of piperidine rings is 1. The number of hydrogen-bond acceptors (Lipinski definition) is 3. The van der Waals surface area contributed by atoms with E-state index >= 15 is 0 Å². The number of hydrogen-bond donors (Lipinski definition) is 2. The van der Waals surface area contributed by atoms with E-state index in [9.17, 15) is 4.79 Å². The zero-order valence-corrected chi connectivity index (χ0v) is 13.2. The van der Waals surface area contributed by atoms with Gasteiger partial charge in [0.15, 0.2) is 0 Å². The van der Waals surface area contributed by atoms with Gasteiger partial charge < -0.3 is 16.0 Å². The summed E-state index contributed by atoms with van der Waals surface area (Å²) in [5.74, 6) is -0.199. The lowest BCUT2D eigenvalue weighted by molar-refractivity contribution is -0.124. The molecule has 0 bridgehead atoms. The minimum absolute atomic E-state index is 0.199. The lowest BCUT2D eigenvalue weighted by Gasteiger charge is -2.36. The van der Waals surface area contributed by atoms with Crippen molar-refractivity contribution in [2.45, 2.75) is 82.8 Å². The van der Waals surface area contributed by atoms with E-state index in [2.05, 4.69) is 17.1 Å². The van der Waals surface area contributed by atoms with E-state index in [0.29, 0.717) is 6.04 Å². The minimum Gasteiger partial charge on any atom is -0.368 e. The maximum atomic E-state index is 11.7. The van der Waals surface area contributed by atoms with E-state index < -0.39 is 5.54 Å². The molecule has 0 spiro atoms. The number of nitrogens with one attached hydrogen (secondary N) is 1. The molecule has 1 amide bonds. The molecule has 4 heteroatoms. The van der Waals surface area contributed by atoms with Gasteiger partial charge in [-0.05, 0) is 65.0 Å². The molecule has 2 atom stereocenters. The summed E-state index contributed by atoms with van der Waals surface area (Å²) in [6, 6.07) is 1.27. The Hall–Kier alpha value is -0.610. The van der Waals surface area contributed by atoms with E-state index in [-0.39, 0.29) is 5.91 Å². The normalized spacial score (nSPS) is 27.2. The summed E-state index contributed by atoms with van der Waals surface area (Å²) in [6.07, 6.45) is 9.56. The molecule has 2 unspecified atom stereocenters. The summed E-state index contributed by atoms with van der Waals surface area (Å²) in [5, 5.41) is 3.44. The quantitative estimate of drug-likeness (QED) is 0.715. The second kappa shape index (κ2) is 6.90. The summed E-state index contributed by atoms with van der Waals surface area (Å²) < 4.78 is 0. The Labute approximate surface area is 123 Å². The number of carbonyl (C=O) groups excluding carboxylic acids is 1. The Bertz CT molecular complexity index is 330. The number of carbonyl (C=O) groups is 1. The Morgan fingerprint density at radius 1 is 1.35 bits per heavy atom. The third-order valence-corrected chi connectivity index (χ3v) is 4.99. The van der Waals surface area contributed by atoms with Gasteiger partial charge in [0.1, 0.15) is 0 Å². The fraction of sp³-hybridized carbons (Fsp3) is 0.938. The van der Waals surface area contributed by atoms with Crippen molar-refractivity contribution in [2.24, 2.45) is 5.73 Å². The molecule has 1 aliphatic carbocycles. The van der Waals surface area contributed by atoms with Crippen LogP contribution in [0.4, 0.5) is 0 Å². The van der Waals surface area contributed by atoms with Crippen LogP contribution in [0.3, 0.4) is 0 Å². The molecule has 2 fully saturated rings. The van der Waals surface area contributed by atoms with Gasteiger partial charge in [0.2, 0.25) is 5.91 Å². The molecule has 4 nitrogen and oxygen atoms in total. The lowest BCUT2D eigenvalue weighted by Crippen LogP contribution is -2.54. The monoisotopic (exact) mass is 281 g/mol. The van der Waals surface area contributed by atoms with Crippen molar-refractivity contribution < 1.29 is 4.79 Å². The van der Waals surface area contributed by atoms with E-state index in [1.165, 1.54) is 45.1 Å². The molecule has 0 radical (unpaired) electrons. The van der Waals surface area contributed by atoms with Crippen molar-refractivity contribution >= 4 is 5.91 Å². The second-order valence-corrected chi connectivity index (χ2v) is 6.81. The molecule has 1 saturated heterocycles. The number of nitrogens with zero attached hydrogens (tertiary/aromatic N) is 1. The van der Waals surface area contributed by atoms with Gasteiger partial charge in [0.05, 0.1) is 5.54 Å². The van der Waals surface area contributed by atoms with E-state index in [4.69, 9.17) is 5.73 Å². The van der Waals surface area contributed by atoms with Crippen LogP contribution in [0.25, 0.3) is 0 Å². The first-order valence-electron chi connectivity index (χ1n) is 8.37. The molecule has 1 aliphatic heterocycles. The average Bonchev–Trinajstić information content (AvgIpc) is 3.23. The molecule has 0 aromatic heterocycles. The van der Waals surface area contributed by atoms with Gasteiger partial charge in [-0.2, -0.15) is 0 Å². The van der Waals surface area contributed by atoms with Crippen LogP contribution < -0.4 is 11.1 Å². The molecule has 1 saturated carbocycles. The Kier molecular flexibility index (Phi) is 5.44. The SMILES string of the molecule is CCC1CCCCN1CCCC(C)(NC1CC1)C(N)=O. The van der Waals surface area contributed by atoms with Crippen molar-refractivity contribution in [3.8, 4) is 0 Å². The molecule has 0 aromatic carbocycles. The van der Waals surface area contributed by atoms with Crippen LogP contribution in [-0.2, 0) is 4.79 Å². The second-order valence-electron chi connectivity index (χ2n) is 6.81. The minimum atomic E-state index is -0.515. The number of rotatable bonds is 8. The predicted molar refractivity (Wildman–Crippen MR) is 82.5 cm³/mol. The molecule has 0 aromatic rings. The smallest absolute Gasteiger partial charge is 0.237 e. The van der Waals surface area contributed by atoms with Crippen LogP contribution in [0.15, 0.2) is 0 Å². The van der Waals surface area contributed by atoms with Gasteiger partial charge in [-0.3, -0.25) is 4.79 Å². The maximum Gasteiger partial charge on any atom is 0.237 e. The Morgan fingerprint density at radius 2 is 2.10 bits per heavy atom. The zero-order chi connectivity index (χ0) is 14.6. The maximum absolute atomic E-state index is 11.7. The Morgan fingerprint density at radius 3 is 2.70 bits per heavy atom. The van der Waals surface area contributed by atoms with E-state index in [1.807, 2.05) is 6.92 Å². The average molecular weight is 281 g/mol. The molecule has 2 aliphatic rings. The fourth-order valence-corrected chi connectivity index (χ4v) is 3.40. The van der Waals surface area contributed by atoms with Crippen LogP contribution in [-0.4, -0.2) is 41.5 Å². The molecule has 116 valence electrons. The molecule has 1 heterocycles. The molecule has 20 heavy (non-hydrogen) atoms. The first kappa shape index (κ1) is 15.8. The van der Waals surface area contributed by atoms with Crippen LogP contribution >= 0.6 is 0 Å². The highest BCUT2D eigenvalue weighted by Gasteiger charge is 2.36. The standard InChI is InChI=1S/C16H31N3O/c1-3-14-7-4-5-11-19(14)12-6-10-16(2,15(17)20)18-13-8-9-13/h13-14,18H,3-12H2,1-2H3,(H2,17,20). The summed E-state index contributed by atoms with van der Waals surface area (Å²) in [7, 11) is 0.